The lowest BCUT2D eigenvalue weighted by molar-refractivity contribution is -0.149. The zero-order chi connectivity index (χ0) is 26.9. The number of nitrogens with zero attached hydrogens (tertiary/aromatic N) is 2. The van der Waals surface area contributed by atoms with E-state index >= 15 is 0 Å². The molecule has 2 aromatic rings. The molecule has 1 saturated heterocycles. The Morgan fingerprint density at radius 1 is 1.27 bits per heavy atom. The van der Waals surface area contributed by atoms with Crippen LogP contribution in [0.3, 0.4) is 0 Å². The molecule has 1 fully saturated rings. The lowest BCUT2D eigenvalue weighted by atomic mass is 9.93. The average Bonchev–Trinajstić information content (AvgIpc) is 3.31. The minimum atomic E-state index is -4.72. The summed E-state index contributed by atoms with van der Waals surface area (Å²) >= 11 is 7.43. The van der Waals surface area contributed by atoms with Gasteiger partial charge in [0.15, 0.2) is 0 Å². The molecule has 3 N–H and O–H groups in total. The molecular formula is C24H26ClF3N4O4S. The van der Waals surface area contributed by atoms with Gasteiger partial charge < -0.3 is 25.6 Å². The highest BCUT2D eigenvalue weighted by atomic mass is 35.5. The van der Waals surface area contributed by atoms with Crippen LogP contribution in [-0.2, 0) is 33.5 Å². The van der Waals surface area contributed by atoms with Crippen molar-refractivity contribution in [2.75, 3.05) is 31.2 Å². The summed E-state index contributed by atoms with van der Waals surface area (Å²) in [4.78, 5) is 41.4. The van der Waals surface area contributed by atoms with Gasteiger partial charge in [-0.15, -0.1) is 11.3 Å². The summed E-state index contributed by atoms with van der Waals surface area (Å²) in [5.74, 6) is -2.02. The highest BCUT2D eigenvalue weighted by molar-refractivity contribution is 7.08. The summed E-state index contributed by atoms with van der Waals surface area (Å²) < 4.78 is 44.9. The topological polar surface area (TPSA) is 105 Å². The van der Waals surface area contributed by atoms with Gasteiger partial charge in [0.25, 0.3) is 0 Å². The van der Waals surface area contributed by atoms with E-state index in [1.807, 2.05) is 10.8 Å². The predicted molar refractivity (Wildman–Crippen MR) is 133 cm³/mol. The normalized spacial score (nSPS) is 17.3. The van der Waals surface area contributed by atoms with Gasteiger partial charge in [-0.3, -0.25) is 9.59 Å². The maximum Gasteiger partial charge on any atom is 0.418 e. The number of fused-ring (bicyclic) bond motifs is 1. The summed E-state index contributed by atoms with van der Waals surface area (Å²) in [6, 6.07) is 1.91. The van der Waals surface area contributed by atoms with Gasteiger partial charge in [0, 0.05) is 36.5 Å². The molecule has 13 heteroatoms. The van der Waals surface area contributed by atoms with E-state index in [2.05, 4.69) is 5.32 Å². The SMILES string of the molecule is COC(=O)C(CC(=O)N1CCC(N2Cc3cscc3NC2=O)CC1)Cc1cc(Cl)c(N)c(C(F)(F)F)c1. The van der Waals surface area contributed by atoms with E-state index in [0.29, 0.717) is 32.5 Å². The number of nitrogens with one attached hydrogen (secondary N) is 1. The third-order valence-electron chi connectivity index (χ3n) is 6.78. The quantitative estimate of drug-likeness (QED) is 0.393. The third-order valence-corrected chi connectivity index (χ3v) is 7.88. The summed E-state index contributed by atoms with van der Waals surface area (Å²) in [6.07, 6.45) is -3.98. The number of urea groups is 1. The predicted octanol–water partition coefficient (Wildman–Crippen LogP) is 4.76. The molecule has 37 heavy (non-hydrogen) atoms. The highest BCUT2D eigenvalue weighted by Crippen LogP contribution is 2.38. The Labute approximate surface area is 220 Å². The van der Waals surface area contributed by atoms with Crippen LogP contribution >= 0.6 is 22.9 Å². The number of piperidine rings is 1. The van der Waals surface area contributed by atoms with Gasteiger partial charge in [0.05, 0.1) is 41.5 Å². The minimum Gasteiger partial charge on any atom is -0.469 e. The Kier molecular flexibility index (Phi) is 7.88. The minimum absolute atomic E-state index is 0.0359. The Morgan fingerprint density at radius 3 is 2.62 bits per heavy atom. The van der Waals surface area contributed by atoms with Crippen LogP contribution in [0.5, 0.6) is 0 Å². The molecule has 1 atom stereocenters. The molecular weight excluding hydrogens is 533 g/mol. The molecule has 0 bridgehead atoms. The van der Waals surface area contributed by atoms with E-state index in [9.17, 15) is 27.6 Å². The summed E-state index contributed by atoms with van der Waals surface area (Å²) in [5, 5.41) is 6.50. The average molecular weight is 559 g/mol. The summed E-state index contributed by atoms with van der Waals surface area (Å²) in [6.45, 7) is 1.30. The van der Waals surface area contributed by atoms with Crippen LogP contribution in [0.15, 0.2) is 22.9 Å². The van der Waals surface area contributed by atoms with Gasteiger partial charge >= 0.3 is 18.2 Å². The number of hydrogen-bond donors (Lipinski definition) is 2. The van der Waals surface area contributed by atoms with Crippen molar-refractivity contribution >= 4 is 52.2 Å². The van der Waals surface area contributed by atoms with E-state index in [1.165, 1.54) is 17.4 Å². The number of carbonyl (C=O) groups excluding carboxylic acids is 3. The Balaban J connectivity index is 1.39. The number of nitrogens with two attached hydrogens (primary N) is 1. The number of carbonyl (C=O) groups is 3. The number of nitrogen functional groups attached to an aromatic ring is 1. The molecule has 0 aliphatic carbocycles. The number of methoxy groups -OCH3 is 1. The Morgan fingerprint density at radius 2 is 1.97 bits per heavy atom. The fourth-order valence-electron chi connectivity index (χ4n) is 4.78. The fourth-order valence-corrected chi connectivity index (χ4v) is 5.80. The van der Waals surface area contributed by atoms with Gasteiger partial charge in [-0.2, -0.15) is 13.2 Å². The van der Waals surface area contributed by atoms with Crippen molar-refractivity contribution in [2.24, 2.45) is 5.92 Å². The molecule has 4 rings (SSSR count). The first kappa shape index (κ1) is 27.1. The number of likely N-dealkylation sites (tertiary alicyclic amines) is 1. The first-order valence-electron chi connectivity index (χ1n) is 11.6. The van der Waals surface area contributed by atoms with Gasteiger partial charge in [-0.25, -0.2) is 4.79 Å². The first-order chi connectivity index (χ1) is 17.5. The second kappa shape index (κ2) is 10.8. The molecule has 1 aromatic carbocycles. The van der Waals surface area contributed by atoms with Crippen LogP contribution in [0.4, 0.5) is 29.3 Å². The number of alkyl halides is 3. The number of ether oxygens (including phenoxy) is 1. The van der Waals surface area contributed by atoms with Crippen molar-refractivity contribution < 1.29 is 32.3 Å². The number of thiophene rings is 1. The van der Waals surface area contributed by atoms with Crippen LogP contribution < -0.4 is 11.1 Å². The molecule has 0 spiro atoms. The number of amides is 3. The first-order valence-corrected chi connectivity index (χ1v) is 12.9. The highest BCUT2D eigenvalue weighted by Gasteiger charge is 2.36. The molecule has 3 amide bonds. The zero-order valence-corrected chi connectivity index (χ0v) is 21.5. The maximum atomic E-state index is 13.4. The van der Waals surface area contributed by atoms with Gasteiger partial charge in [0.1, 0.15) is 0 Å². The number of benzene rings is 1. The van der Waals surface area contributed by atoms with Crippen molar-refractivity contribution in [2.45, 2.75) is 44.4 Å². The lowest BCUT2D eigenvalue weighted by Gasteiger charge is -2.40. The van der Waals surface area contributed by atoms with Crippen molar-refractivity contribution in [1.29, 1.82) is 0 Å². The molecule has 2 aliphatic heterocycles. The van der Waals surface area contributed by atoms with Gasteiger partial charge in [-0.1, -0.05) is 11.6 Å². The van der Waals surface area contributed by atoms with Crippen molar-refractivity contribution in [3.8, 4) is 0 Å². The second-order valence-electron chi connectivity index (χ2n) is 9.15. The number of rotatable bonds is 6. The van der Waals surface area contributed by atoms with Crippen LogP contribution in [0.1, 0.15) is 36.0 Å². The molecule has 1 unspecified atom stereocenters. The van der Waals surface area contributed by atoms with E-state index in [1.54, 1.807) is 9.80 Å². The van der Waals surface area contributed by atoms with E-state index < -0.39 is 29.3 Å². The van der Waals surface area contributed by atoms with E-state index in [-0.39, 0.29) is 41.4 Å². The monoisotopic (exact) mass is 558 g/mol. The van der Waals surface area contributed by atoms with Crippen LogP contribution in [0, 0.1) is 5.92 Å². The largest absolute Gasteiger partial charge is 0.469 e. The molecule has 3 heterocycles. The van der Waals surface area contributed by atoms with Gasteiger partial charge in [-0.05, 0) is 42.3 Å². The maximum absolute atomic E-state index is 13.4. The van der Waals surface area contributed by atoms with Crippen LogP contribution in [0.25, 0.3) is 0 Å². The number of esters is 1. The van der Waals surface area contributed by atoms with Gasteiger partial charge in [0.2, 0.25) is 5.91 Å². The molecule has 0 saturated carbocycles. The zero-order valence-electron chi connectivity index (χ0n) is 19.9. The number of hydrogen-bond acceptors (Lipinski definition) is 6. The number of anilines is 2. The van der Waals surface area contributed by atoms with Crippen molar-refractivity contribution in [3.05, 3.63) is 44.6 Å². The molecule has 200 valence electrons. The second-order valence-corrected chi connectivity index (χ2v) is 10.3. The van der Waals surface area contributed by atoms with Crippen LogP contribution in [0.2, 0.25) is 5.02 Å². The Bertz CT molecular complexity index is 1200. The molecule has 8 nitrogen and oxygen atoms in total. The molecule has 0 radical (unpaired) electrons. The third kappa shape index (κ3) is 5.96. The van der Waals surface area contributed by atoms with E-state index in [4.69, 9.17) is 22.1 Å². The smallest absolute Gasteiger partial charge is 0.418 e. The number of halogens is 4. The van der Waals surface area contributed by atoms with Crippen molar-refractivity contribution in [1.82, 2.24) is 9.80 Å². The summed E-state index contributed by atoms with van der Waals surface area (Å²) in [7, 11) is 1.16. The van der Waals surface area contributed by atoms with E-state index in [0.717, 1.165) is 24.4 Å². The standard InChI is InChI=1S/C24H26ClF3N4O4S/c1-36-22(34)14(6-13-7-17(24(26,27)28)21(29)18(25)8-13)9-20(33)31-4-2-16(3-5-31)32-10-15-11-37-12-19(15)30-23(32)35/h7-8,11-12,14,16H,2-6,9-10,29H2,1H3,(H,30,35). The van der Waals surface area contributed by atoms with Crippen LogP contribution in [-0.4, -0.2) is 53.9 Å². The van der Waals surface area contributed by atoms with Crippen molar-refractivity contribution in [3.63, 3.8) is 0 Å². The fraction of sp³-hybridized carbons (Fsp3) is 0.458. The Hall–Kier alpha value is -2.99. The summed E-state index contributed by atoms with van der Waals surface area (Å²) in [5.41, 5.74) is 5.81. The molecule has 1 aromatic heterocycles. The lowest BCUT2D eigenvalue weighted by Crippen LogP contribution is -2.51. The molecule has 2 aliphatic rings.